The van der Waals surface area contributed by atoms with Crippen LogP contribution in [0, 0.1) is 11.3 Å². The van der Waals surface area contributed by atoms with E-state index in [-0.39, 0.29) is 0 Å². The van der Waals surface area contributed by atoms with Crippen molar-refractivity contribution in [2.75, 3.05) is 0 Å². The van der Waals surface area contributed by atoms with Gasteiger partial charge in [-0.1, -0.05) is 91.0 Å². The summed E-state index contributed by atoms with van der Waals surface area (Å²) in [6.45, 7) is 0. The van der Waals surface area contributed by atoms with E-state index in [1.165, 1.54) is 38.4 Å². The zero-order valence-electron chi connectivity index (χ0n) is 15.3. The van der Waals surface area contributed by atoms with E-state index in [1.54, 1.807) is 0 Å². The third-order valence-corrected chi connectivity index (χ3v) is 5.28. The van der Waals surface area contributed by atoms with Gasteiger partial charge in [0.05, 0.1) is 11.6 Å². The van der Waals surface area contributed by atoms with Crippen molar-refractivity contribution >= 4 is 21.5 Å². The first-order valence-corrected chi connectivity index (χ1v) is 9.36. The topological polar surface area (TPSA) is 23.8 Å². The summed E-state index contributed by atoms with van der Waals surface area (Å²) < 4.78 is 0. The van der Waals surface area contributed by atoms with Gasteiger partial charge in [-0.3, -0.25) is 0 Å². The molecule has 0 aromatic heterocycles. The molecule has 0 saturated carbocycles. The van der Waals surface area contributed by atoms with Crippen LogP contribution in [0.2, 0.25) is 0 Å². The van der Waals surface area contributed by atoms with Crippen LogP contribution in [0.4, 0.5) is 0 Å². The van der Waals surface area contributed by atoms with Gasteiger partial charge in [0.1, 0.15) is 0 Å². The van der Waals surface area contributed by atoms with E-state index in [1.807, 2.05) is 24.3 Å². The summed E-state index contributed by atoms with van der Waals surface area (Å²) in [6, 6.07) is 37.8. The second kappa shape index (κ2) is 6.68. The number of hydrogen-bond donors (Lipinski definition) is 0. The average Bonchev–Trinajstić information content (AvgIpc) is 2.78. The van der Waals surface area contributed by atoms with Crippen molar-refractivity contribution in [3.63, 3.8) is 0 Å². The third-order valence-electron chi connectivity index (χ3n) is 5.28. The molecule has 28 heavy (non-hydrogen) atoms. The second-order valence-electron chi connectivity index (χ2n) is 6.90. The van der Waals surface area contributed by atoms with Gasteiger partial charge >= 0.3 is 0 Å². The van der Waals surface area contributed by atoms with Crippen LogP contribution in [0.25, 0.3) is 43.8 Å². The Hall–Kier alpha value is -3.89. The smallest absolute Gasteiger partial charge is 0.0991 e. The number of nitriles is 1. The molecule has 0 unspecified atom stereocenters. The van der Waals surface area contributed by atoms with Crippen molar-refractivity contribution < 1.29 is 0 Å². The van der Waals surface area contributed by atoms with E-state index in [0.717, 1.165) is 5.39 Å². The van der Waals surface area contributed by atoms with E-state index < -0.39 is 0 Å². The maximum absolute atomic E-state index is 9.51. The largest absolute Gasteiger partial charge is 0.192 e. The molecule has 0 aliphatic heterocycles. The molecule has 0 aliphatic rings. The van der Waals surface area contributed by atoms with Gasteiger partial charge in [0, 0.05) is 0 Å². The van der Waals surface area contributed by atoms with E-state index in [0.29, 0.717) is 5.56 Å². The number of nitrogens with zero attached hydrogens (tertiary/aromatic N) is 1. The molecule has 0 saturated heterocycles. The first-order chi connectivity index (χ1) is 13.9. The Kier molecular flexibility index (Phi) is 3.89. The number of rotatable bonds is 2. The quantitative estimate of drug-likeness (QED) is 0.307. The third kappa shape index (κ3) is 2.55. The molecule has 0 N–H and O–H groups in total. The van der Waals surface area contributed by atoms with Crippen molar-refractivity contribution in [2.45, 2.75) is 0 Å². The summed E-state index contributed by atoms with van der Waals surface area (Å²) in [5.41, 5.74) is 5.43. The summed E-state index contributed by atoms with van der Waals surface area (Å²) >= 11 is 0. The normalized spacial score (nSPS) is 10.8. The fourth-order valence-corrected chi connectivity index (χ4v) is 4.08. The van der Waals surface area contributed by atoms with Crippen LogP contribution in [0.1, 0.15) is 5.56 Å². The highest BCUT2D eigenvalue weighted by Gasteiger charge is 2.16. The first-order valence-electron chi connectivity index (χ1n) is 9.36. The highest BCUT2D eigenvalue weighted by atomic mass is 14.2. The molecule has 130 valence electrons. The Bertz CT molecular complexity index is 1340. The van der Waals surface area contributed by atoms with Crippen LogP contribution >= 0.6 is 0 Å². The summed E-state index contributed by atoms with van der Waals surface area (Å²) in [5, 5.41) is 14.2. The van der Waals surface area contributed by atoms with Crippen LogP contribution in [0.5, 0.6) is 0 Å². The Morgan fingerprint density at radius 1 is 0.464 bits per heavy atom. The zero-order valence-corrected chi connectivity index (χ0v) is 15.3. The minimum Gasteiger partial charge on any atom is -0.192 e. The second-order valence-corrected chi connectivity index (χ2v) is 6.90. The number of fused-ring (bicyclic) bond motifs is 2. The molecule has 0 fully saturated rings. The standard InChI is InChI=1S/C27H17N/c28-18-19-15-16-24-25(17-19)27(21-11-5-2-6-12-21)23-14-8-7-13-22(23)26(24)20-9-3-1-4-10-20/h1-17H. The molecule has 0 spiro atoms. The first kappa shape index (κ1) is 16.3. The predicted molar refractivity (Wildman–Crippen MR) is 117 cm³/mol. The minimum absolute atomic E-state index is 0.680. The van der Waals surface area contributed by atoms with Crippen LogP contribution in [-0.2, 0) is 0 Å². The molecule has 0 amide bonds. The molecule has 0 heterocycles. The zero-order chi connectivity index (χ0) is 18.9. The lowest BCUT2D eigenvalue weighted by atomic mass is 9.85. The minimum atomic E-state index is 0.680. The molecule has 0 radical (unpaired) electrons. The van der Waals surface area contributed by atoms with Gasteiger partial charge in [0.2, 0.25) is 0 Å². The average molecular weight is 355 g/mol. The lowest BCUT2D eigenvalue weighted by Gasteiger charge is -2.17. The molecular formula is C27H17N. The van der Waals surface area contributed by atoms with Crippen LogP contribution in [-0.4, -0.2) is 0 Å². The van der Waals surface area contributed by atoms with E-state index in [9.17, 15) is 5.26 Å². The molecule has 0 bridgehead atoms. The number of hydrogen-bond acceptors (Lipinski definition) is 1. The molecular weight excluding hydrogens is 338 g/mol. The Morgan fingerprint density at radius 3 is 1.46 bits per heavy atom. The fourth-order valence-electron chi connectivity index (χ4n) is 4.08. The van der Waals surface area contributed by atoms with Gasteiger partial charge in [-0.25, -0.2) is 0 Å². The van der Waals surface area contributed by atoms with Crippen molar-refractivity contribution in [1.82, 2.24) is 0 Å². The highest BCUT2D eigenvalue weighted by molar-refractivity contribution is 6.21. The molecule has 1 nitrogen and oxygen atoms in total. The van der Waals surface area contributed by atoms with Crippen LogP contribution < -0.4 is 0 Å². The Labute approximate surface area is 164 Å². The van der Waals surface area contributed by atoms with Crippen molar-refractivity contribution in [2.24, 2.45) is 0 Å². The van der Waals surface area contributed by atoms with Crippen LogP contribution in [0.3, 0.4) is 0 Å². The summed E-state index contributed by atoms with van der Waals surface area (Å²) in [7, 11) is 0. The van der Waals surface area contributed by atoms with Gasteiger partial charge in [0.25, 0.3) is 0 Å². The maximum atomic E-state index is 9.51. The van der Waals surface area contributed by atoms with Crippen molar-refractivity contribution in [3.8, 4) is 28.3 Å². The highest BCUT2D eigenvalue weighted by Crippen LogP contribution is 2.43. The molecule has 5 rings (SSSR count). The molecule has 5 aromatic rings. The van der Waals surface area contributed by atoms with E-state index in [2.05, 4.69) is 84.9 Å². The number of benzene rings is 5. The molecule has 1 heteroatoms. The fraction of sp³-hybridized carbons (Fsp3) is 0. The summed E-state index contributed by atoms with van der Waals surface area (Å²) in [6.07, 6.45) is 0. The Balaban J connectivity index is 2.04. The molecule has 0 aliphatic carbocycles. The lowest BCUT2D eigenvalue weighted by molar-refractivity contribution is 1.50. The predicted octanol–water partition coefficient (Wildman–Crippen LogP) is 7.20. The van der Waals surface area contributed by atoms with Gasteiger partial charge in [0.15, 0.2) is 0 Å². The Morgan fingerprint density at radius 2 is 0.929 bits per heavy atom. The van der Waals surface area contributed by atoms with Gasteiger partial charge in [-0.05, 0) is 55.9 Å². The summed E-state index contributed by atoms with van der Waals surface area (Å²) in [4.78, 5) is 0. The van der Waals surface area contributed by atoms with Crippen molar-refractivity contribution in [3.05, 3.63) is 109 Å². The van der Waals surface area contributed by atoms with E-state index in [4.69, 9.17) is 0 Å². The van der Waals surface area contributed by atoms with E-state index >= 15 is 0 Å². The SMILES string of the molecule is N#Cc1ccc2c(-c3ccccc3)c3ccccc3c(-c3ccccc3)c2c1. The summed E-state index contributed by atoms with van der Waals surface area (Å²) in [5.74, 6) is 0. The monoisotopic (exact) mass is 355 g/mol. The van der Waals surface area contributed by atoms with Crippen LogP contribution in [0.15, 0.2) is 103 Å². The maximum Gasteiger partial charge on any atom is 0.0991 e. The van der Waals surface area contributed by atoms with Gasteiger partial charge in [-0.15, -0.1) is 0 Å². The molecule has 5 aromatic carbocycles. The van der Waals surface area contributed by atoms with Crippen molar-refractivity contribution in [1.29, 1.82) is 5.26 Å². The lowest BCUT2D eigenvalue weighted by Crippen LogP contribution is -1.91. The van der Waals surface area contributed by atoms with Gasteiger partial charge < -0.3 is 0 Å². The van der Waals surface area contributed by atoms with Gasteiger partial charge in [-0.2, -0.15) is 5.26 Å². The molecule has 0 atom stereocenters.